The Bertz CT molecular complexity index is 976. The Hall–Kier alpha value is -2.95. The van der Waals surface area contributed by atoms with Crippen molar-refractivity contribution in [2.75, 3.05) is 5.32 Å². The molecule has 25 heavy (non-hydrogen) atoms. The van der Waals surface area contributed by atoms with Crippen molar-refractivity contribution >= 4 is 28.1 Å². The van der Waals surface area contributed by atoms with Gasteiger partial charge in [-0.25, -0.2) is 10.1 Å². The summed E-state index contributed by atoms with van der Waals surface area (Å²) in [6.45, 7) is 0. The number of aliphatic imine (C=N–C) groups is 1. The number of amidine groups is 1. The average Bonchev–Trinajstić information content (AvgIpc) is 2.65. The minimum absolute atomic E-state index is 0.179. The number of aromatic amines is 1. The van der Waals surface area contributed by atoms with E-state index >= 15 is 0 Å². The summed E-state index contributed by atoms with van der Waals surface area (Å²) >= 11 is 0. The maximum absolute atomic E-state index is 11.9. The average molecular weight is 332 g/mol. The second-order valence-corrected chi connectivity index (χ2v) is 6.33. The summed E-state index contributed by atoms with van der Waals surface area (Å²) < 4.78 is 0. The van der Waals surface area contributed by atoms with Gasteiger partial charge in [-0.05, 0) is 37.0 Å². The maximum atomic E-state index is 11.9. The van der Waals surface area contributed by atoms with Crippen LogP contribution in [0, 0.1) is 0 Å². The third-order valence-corrected chi connectivity index (χ3v) is 4.54. The van der Waals surface area contributed by atoms with Gasteiger partial charge in [0.25, 0.3) is 5.56 Å². The molecule has 0 radical (unpaired) electrons. The van der Waals surface area contributed by atoms with Crippen molar-refractivity contribution in [2.45, 2.75) is 32.1 Å². The van der Waals surface area contributed by atoms with Crippen LogP contribution in [0.15, 0.2) is 58.3 Å². The number of hydrogen-bond acceptors (Lipinski definition) is 4. The number of H-pyrrole nitrogens is 1. The van der Waals surface area contributed by atoms with Crippen molar-refractivity contribution in [1.29, 1.82) is 0 Å². The molecule has 1 aliphatic heterocycles. The third-order valence-electron chi connectivity index (χ3n) is 4.54. The zero-order valence-corrected chi connectivity index (χ0v) is 14.0. The molecule has 3 aromatic rings. The van der Waals surface area contributed by atoms with Crippen molar-refractivity contribution in [3.05, 3.63) is 64.4 Å². The van der Waals surface area contributed by atoms with Crippen LogP contribution in [0.1, 0.15) is 31.2 Å². The molecule has 0 spiro atoms. The van der Waals surface area contributed by atoms with Gasteiger partial charge in [0.1, 0.15) is 5.84 Å². The van der Waals surface area contributed by atoms with Crippen LogP contribution >= 0.6 is 0 Å². The molecular formula is C20H20N4O. The summed E-state index contributed by atoms with van der Waals surface area (Å²) in [7, 11) is 0. The first-order chi connectivity index (χ1) is 12.3. The highest BCUT2D eigenvalue weighted by molar-refractivity contribution is 6.12. The van der Waals surface area contributed by atoms with Gasteiger partial charge in [-0.15, -0.1) is 0 Å². The molecular weight excluding hydrogens is 312 g/mol. The van der Waals surface area contributed by atoms with Gasteiger partial charge in [0.15, 0.2) is 5.82 Å². The van der Waals surface area contributed by atoms with E-state index in [1.54, 1.807) is 6.07 Å². The summed E-state index contributed by atoms with van der Waals surface area (Å²) in [6, 6.07) is 16.2. The minimum Gasteiger partial charge on any atom is -0.343 e. The van der Waals surface area contributed by atoms with Gasteiger partial charge < -0.3 is 5.32 Å². The number of rotatable bonds is 6. The van der Waals surface area contributed by atoms with E-state index in [1.807, 2.05) is 12.1 Å². The highest BCUT2D eigenvalue weighted by atomic mass is 16.1. The Kier molecular flexibility index (Phi) is 4.29. The fourth-order valence-electron chi connectivity index (χ4n) is 3.26. The first kappa shape index (κ1) is 15.6. The normalized spacial score (nSPS) is 12.7. The SMILES string of the molecule is O=c1[nH]nc2c3c(cccc13)NC(CCCCCc1ccccc1)=N2. The number of benzene rings is 2. The number of nitrogens with zero attached hydrogens (tertiary/aromatic N) is 2. The topological polar surface area (TPSA) is 70.1 Å². The van der Waals surface area contributed by atoms with E-state index in [9.17, 15) is 4.79 Å². The van der Waals surface area contributed by atoms with Crippen LogP contribution in [0.2, 0.25) is 0 Å². The van der Waals surface area contributed by atoms with E-state index in [4.69, 9.17) is 0 Å². The molecule has 0 unspecified atom stereocenters. The lowest BCUT2D eigenvalue weighted by molar-refractivity contribution is 0.695. The van der Waals surface area contributed by atoms with Gasteiger partial charge in [0.05, 0.1) is 16.5 Å². The largest absolute Gasteiger partial charge is 0.343 e. The molecule has 0 fully saturated rings. The Morgan fingerprint density at radius 3 is 2.60 bits per heavy atom. The summed E-state index contributed by atoms with van der Waals surface area (Å²) in [5.74, 6) is 1.52. The van der Waals surface area contributed by atoms with Crippen LogP contribution in [0.25, 0.3) is 10.8 Å². The zero-order chi connectivity index (χ0) is 17.1. The Morgan fingerprint density at radius 1 is 0.880 bits per heavy atom. The summed E-state index contributed by atoms with van der Waals surface area (Å²) in [6.07, 6.45) is 5.41. The van der Waals surface area contributed by atoms with Crippen molar-refractivity contribution in [3.8, 4) is 0 Å². The first-order valence-electron chi connectivity index (χ1n) is 8.71. The maximum Gasteiger partial charge on any atom is 0.272 e. The molecule has 0 saturated carbocycles. The van der Waals surface area contributed by atoms with E-state index in [0.717, 1.165) is 42.6 Å². The lowest BCUT2D eigenvalue weighted by atomic mass is 10.1. The highest BCUT2D eigenvalue weighted by Crippen LogP contribution is 2.32. The van der Waals surface area contributed by atoms with Crippen molar-refractivity contribution in [3.63, 3.8) is 0 Å². The number of anilines is 1. The van der Waals surface area contributed by atoms with Crippen LogP contribution in [0.3, 0.4) is 0 Å². The molecule has 2 heterocycles. The smallest absolute Gasteiger partial charge is 0.272 e. The molecule has 1 aromatic heterocycles. The number of aromatic nitrogens is 2. The molecule has 0 atom stereocenters. The van der Waals surface area contributed by atoms with Gasteiger partial charge in [-0.2, -0.15) is 5.10 Å². The van der Waals surface area contributed by atoms with E-state index in [0.29, 0.717) is 11.2 Å². The fourth-order valence-corrected chi connectivity index (χ4v) is 3.26. The first-order valence-corrected chi connectivity index (χ1v) is 8.71. The predicted octanol–water partition coefficient (Wildman–Crippen LogP) is 4.18. The molecule has 0 bridgehead atoms. The van der Waals surface area contributed by atoms with Gasteiger partial charge in [-0.3, -0.25) is 4.79 Å². The number of unbranched alkanes of at least 4 members (excludes halogenated alkanes) is 2. The molecule has 4 rings (SSSR count). The second kappa shape index (κ2) is 6.89. The molecule has 2 N–H and O–H groups in total. The lowest BCUT2D eigenvalue weighted by Gasteiger charge is -2.17. The van der Waals surface area contributed by atoms with E-state index < -0.39 is 0 Å². The molecule has 1 aliphatic rings. The standard InChI is InChI=1S/C20H20N4O/c25-20-15-11-7-12-16-18(15)19(23-24-20)22-17(21-16)13-6-2-5-10-14-8-3-1-4-9-14/h1,3-4,7-9,11-12H,2,5-6,10,13H2,(H,24,25)(H,21,22,23). The van der Waals surface area contributed by atoms with Gasteiger partial charge in [0.2, 0.25) is 0 Å². The van der Waals surface area contributed by atoms with Crippen molar-refractivity contribution < 1.29 is 0 Å². The number of nitrogens with one attached hydrogen (secondary N) is 2. The van der Waals surface area contributed by atoms with Crippen LogP contribution in [-0.2, 0) is 6.42 Å². The number of hydrogen-bond donors (Lipinski definition) is 2. The van der Waals surface area contributed by atoms with Crippen molar-refractivity contribution in [1.82, 2.24) is 10.2 Å². The number of aryl methyl sites for hydroxylation is 1. The molecule has 0 aliphatic carbocycles. The Balaban J connectivity index is 1.38. The zero-order valence-electron chi connectivity index (χ0n) is 14.0. The molecule has 0 saturated heterocycles. The molecule has 5 heteroatoms. The summed E-state index contributed by atoms with van der Waals surface area (Å²) in [4.78, 5) is 16.5. The Morgan fingerprint density at radius 2 is 1.72 bits per heavy atom. The van der Waals surface area contributed by atoms with E-state index in [2.05, 4.69) is 50.8 Å². The van der Waals surface area contributed by atoms with Crippen LogP contribution < -0.4 is 10.9 Å². The van der Waals surface area contributed by atoms with E-state index in [1.165, 1.54) is 12.0 Å². The van der Waals surface area contributed by atoms with E-state index in [-0.39, 0.29) is 5.56 Å². The molecule has 0 amide bonds. The van der Waals surface area contributed by atoms with Gasteiger partial charge in [-0.1, -0.05) is 42.8 Å². The lowest BCUT2D eigenvalue weighted by Crippen LogP contribution is -2.18. The monoisotopic (exact) mass is 332 g/mol. The minimum atomic E-state index is -0.179. The second-order valence-electron chi connectivity index (χ2n) is 6.33. The fraction of sp³-hybridized carbons (Fsp3) is 0.250. The molecule has 126 valence electrons. The van der Waals surface area contributed by atoms with Gasteiger partial charge in [0, 0.05) is 6.42 Å². The van der Waals surface area contributed by atoms with Crippen LogP contribution in [0.4, 0.5) is 11.5 Å². The van der Waals surface area contributed by atoms with Crippen LogP contribution in [-0.4, -0.2) is 16.0 Å². The van der Waals surface area contributed by atoms with Gasteiger partial charge >= 0.3 is 0 Å². The molecule has 2 aromatic carbocycles. The molecule has 5 nitrogen and oxygen atoms in total. The predicted molar refractivity (Wildman–Crippen MR) is 102 cm³/mol. The quantitative estimate of drug-likeness (QED) is 0.665. The Labute approximate surface area is 145 Å². The summed E-state index contributed by atoms with van der Waals surface area (Å²) in [5.41, 5.74) is 2.13. The van der Waals surface area contributed by atoms with Crippen LogP contribution in [0.5, 0.6) is 0 Å². The summed E-state index contributed by atoms with van der Waals surface area (Å²) in [5, 5.41) is 11.4. The van der Waals surface area contributed by atoms with Crippen molar-refractivity contribution in [2.24, 2.45) is 4.99 Å². The third kappa shape index (κ3) is 3.31. The highest BCUT2D eigenvalue weighted by Gasteiger charge is 2.16.